The second-order valence-corrected chi connectivity index (χ2v) is 7.86. The van der Waals surface area contributed by atoms with Crippen LogP contribution in [-0.4, -0.2) is 65.0 Å². The minimum absolute atomic E-state index is 0.0901. The first-order valence-corrected chi connectivity index (χ1v) is 9.73. The number of aromatic nitrogens is 1. The monoisotopic (exact) mass is 369 g/mol. The molecular formula is C21H27N3O3. The number of likely N-dealkylation sites (tertiary alicyclic amines) is 2. The van der Waals surface area contributed by atoms with E-state index in [4.69, 9.17) is 4.74 Å². The minimum Gasteiger partial charge on any atom is -0.369 e. The number of hydrogen-bond donors (Lipinski definition) is 1. The molecule has 0 aliphatic carbocycles. The van der Waals surface area contributed by atoms with Crippen LogP contribution in [0, 0.1) is 5.92 Å². The molecule has 2 saturated heterocycles. The zero-order chi connectivity index (χ0) is 19.1. The fourth-order valence-electron chi connectivity index (χ4n) is 4.70. The maximum Gasteiger partial charge on any atom is 0.254 e. The number of β-lactam (4-membered cyclic amide) rings is 1. The summed E-state index contributed by atoms with van der Waals surface area (Å²) < 4.78 is 5.45. The van der Waals surface area contributed by atoms with Gasteiger partial charge >= 0.3 is 0 Å². The lowest BCUT2D eigenvalue weighted by molar-refractivity contribution is -0.181. The summed E-state index contributed by atoms with van der Waals surface area (Å²) in [7, 11) is 1.61. The Hall–Kier alpha value is -2.34. The molecule has 6 heteroatoms. The number of carbonyl (C=O) groups is 2. The van der Waals surface area contributed by atoms with Gasteiger partial charge in [0.05, 0.1) is 6.04 Å². The van der Waals surface area contributed by atoms with E-state index in [-0.39, 0.29) is 30.0 Å². The van der Waals surface area contributed by atoms with E-state index in [0.717, 1.165) is 42.4 Å². The Morgan fingerprint density at radius 2 is 1.96 bits per heavy atom. The van der Waals surface area contributed by atoms with E-state index >= 15 is 0 Å². The maximum absolute atomic E-state index is 13.0. The van der Waals surface area contributed by atoms with Gasteiger partial charge in [-0.25, -0.2) is 0 Å². The summed E-state index contributed by atoms with van der Waals surface area (Å²) >= 11 is 0. The van der Waals surface area contributed by atoms with Gasteiger partial charge in [-0.05, 0) is 50.8 Å². The SMILES string of the molecule is CO[C@H]1C(=O)N(C(C)C)[C@H]1C1CCN(C(=O)c2cccc3[nH]ccc23)CC1. The van der Waals surface area contributed by atoms with E-state index in [1.165, 1.54) is 0 Å². The molecule has 2 aromatic rings. The van der Waals surface area contributed by atoms with Crippen LogP contribution in [0.15, 0.2) is 30.5 Å². The third-order valence-electron chi connectivity index (χ3n) is 6.07. The summed E-state index contributed by atoms with van der Waals surface area (Å²) in [5.41, 5.74) is 1.74. The van der Waals surface area contributed by atoms with Crippen LogP contribution in [0.25, 0.3) is 10.9 Å². The number of ether oxygens (including phenoxy) is 1. The van der Waals surface area contributed by atoms with Crippen molar-refractivity contribution in [2.45, 2.75) is 44.9 Å². The third-order valence-corrected chi connectivity index (χ3v) is 6.07. The summed E-state index contributed by atoms with van der Waals surface area (Å²) in [4.78, 5) is 32.4. The smallest absolute Gasteiger partial charge is 0.254 e. The molecule has 0 saturated carbocycles. The van der Waals surface area contributed by atoms with Gasteiger partial charge in [-0.1, -0.05) is 6.07 Å². The fraction of sp³-hybridized carbons (Fsp3) is 0.524. The molecule has 2 aliphatic rings. The average molecular weight is 369 g/mol. The summed E-state index contributed by atoms with van der Waals surface area (Å²) in [6, 6.07) is 8.07. The molecule has 6 nitrogen and oxygen atoms in total. The van der Waals surface area contributed by atoms with E-state index in [1.54, 1.807) is 7.11 Å². The Kier molecular flexibility index (Phi) is 4.68. The molecule has 1 aromatic carbocycles. The van der Waals surface area contributed by atoms with E-state index in [1.807, 2.05) is 54.1 Å². The Morgan fingerprint density at radius 1 is 1.22 bits per heavy atom. The van der Waals surface area contributed by atoms with Gasteiger partial charge in [0.2, 0.25) is 0 Å². The van der Waals surface area contributed by atoms with Gasteiger partial charge in [-0.3, -0.25) is 9.59 Å². The topological polar surface area (TPSA) is 65.6 Å². The quantitative estimate of drug-likeness (QED) is 0.843. The van der Waals surface area contributed by atoms with Crippen LogP contribution in [0.2, 0.25) is 0 Å². The molecule has 4 rings (SSSR count). The molecule has 27 heavy (non-hydrogen) atoms. The maximum atomic E-state index is 13.0. The summed E-state index contributed by atoms with van der Waals surface area (Å²) in [5.74, 6) is 0.560. The summed E-state index contributed by atoms with van der Waals surface area (Å²) in [6.07, 6.45) is 3.34. The molecule has 0 spiro atoms. The number of rotatable bonds is 4. The molecule has 2 amide bonds. The Balaban J connectivity index is 1.45. The number of carbonyl (C=O) groups excluding carboxylic acids is 2. The van der Waals surface area contributed by atoms with Crippen LogP contribution < -0.4 is 0 Å². The molecule has 2 atom stereocenters. The Bertz CT molecular complexity index is 851. The predicted molar refractivity (Wildman–Crippen MR) is 103 cm³/mol. The highest BCUT2D eigenvalue weighted by Gasteiger charge is 2.52. The number of aromatic amines is 1. The number of piperidine rings is 1. The zero-order valence-corrected chi connectivity index (χ0v) is 16.1. The van der Waals surface area contributed by atoms with Crippen LogP contribution in [0.5, 0.6) is 0 Å². The highest BCUT2D eigenvalue weighted by Crippen LogP contribution is 2.36. The molecule has 144 valence electrons. The van der Waals surface area contributed by atoms with Crippen LogP contribution in [0.4, 0.5) is 0 Å². The van der Waals surface area contributed by atoms with Crippen LogP contribution in [0.3, 0.4) is 0 Å². The normalized spacial score (nSPS) is 23.9. The molecule has 0 unspecified atom stereocenters. The number of fused-ring (bicyclic) bond motifs is 1. The molecule has 0 radical (unpaired) electrons. The first kappa shape index (κ1) is 18.0. The standard InChI is InChI=1S/C21H27N3O3/c1-13(2)24-18(19(27-3)21(24)26)14-8-11-23(12-9-14)20(25)16-5-4-6-17-15(16)7-10-22-17/h4-7,10,13-14,18-19,22H,8-9,11-12H2,1-3H3/t18-,19+/m0/s1. The van der Waals surface area contributed by atoms with E-state index in [0.29, 0.717) is 5.92 Å². The van der Waals surface area contributed by atoms with Gasteiger partial charge in [-0.2, -0.15) is 0 Å². The van der Waals surface area contributed by atoms with E-state index in [2.05, 4.69) is 4.98 Å². The highest BCUT2D eigenvalue weighted by atomic mass is 16.5. The molecule has 1 aromatic heterocycles. The number of amides is 2. The summed E-state index contributed by atoms with van der Waals surface area (Å²) in [5, 5.41) is 0.972. The van der Waals surface area contributed by atoms with Gasteiger partial charge in [0, 0.05) is 48.9 Å². The van der Waals surface area contributed by atoms with Gasteiger partial charge < -0.3 is 19.5 Å². The first-order valence-electron chi connectivity index (χ1n) is 9.73. The van der Waals surface area contributed by atoms with Gasteiger partial charge in [-0.15, -0.1) is 0 Å². The van der Waals surface area contributed by atoms with Crippen LogP contribution in [-0.2, 0) is 9.53 Å². The molecular weight excluding hydrogens is 342 g/mol. The number of nitrogens with one attached hydrogen (secondary N) is 1. The van der Waals surface area contributed by atoms with Crippen molar-refractivity contribution in [1.29, 1.82) is 0 Å². The largest absolute Gasteiger partial charge is 0.369 e. The molecule has 3 heterocycles. The number of H-pyrrole nitrogens is 1. The van der Waals surface area contributed by atoms with Gasteiger partial charge in [0.1, 0.15) is 0 Å². The lowest BCUT2D eigenvalue weighted by Gasteiger charge is -2.53. The number of hydrogen-bond acceptors (Lipinski definition) is 3. The molecule has 1 N–H and O–H groups in total. The second kappa shape index (κ2) is 7.00. The van der Waals surface area contributed by atoms with Crippen molar-refractivity contribution >= 4 is 22.7 Å². The number of benzene rings is 1. The lowest BCUT2D eigenvalue weighted by atomic mass is 9.79. The number of methoxy groups -OCH3 is 1. The Morgan fingerprint density at radius 3 is 2.63 bits per heavy atom. The molecule has 2 aliphatic heterocycles. The van der Waals surface area contributed by atoms with Crippen LogP contribution >= 0.6 is 0 Å². The summed E-state index contributed by atoms with van der Waals surface area (Å²) in [6.45, 7) is 5.54. The molecule has 0 bridgehead atoms. The fourth-order valence-corrected chi connectivity index (χ4v) is 4.70. The van der Waals surface area contributed by atoms with Crippen molar-refractivity contribution in [3.05, 3.63) is 36.0 Å². The first-order chi connectivity index (χ1) is 13.0. The zero-order valence-electron chi connectivity index (χ0n) is 16.1. The second-order valence-electron chi connectivity index (χ2n) is 7.86. The third kappa shape index (κ3) is 2.92. The molecule has 2 fully saturated rings. The van der Waals surface area contributed by atoms with E-state index in [9.17, 15) is 9.59 Å². The average Bonchev–Trinajstić information content (AvgIpc) is 3.14. The van der Waals surface area contributed by atoms with Crippen molar-refractivity contribution in [3.63, 3.8) is 0 Å². The van der Waals surface area contributed by atoms with Crippen molar-refractivity contribution in [3.8, 4) is 0 Å². The number of nitrogens with zero attached hydrogens (tertiary/aromatic N) is 2. The minimum atomic E-state index is -0.326. The van der Waals surface area contributed by atoms with Crippen molar-refractivity contribution in [2.24, 2.45) is 5.92 Å². The highest BCUT2D eigenvalue weighted by molar-refractivity contribution is 6.06. The Labute approximate surface area is 159 Å². The van der Waals surface area contributed by atoms with Crippen molar-refractivity contribution in [2.75, 3.05) is 20.2 Å². The van der Waals surface area contributed by atoms with E-state index < -0.39 is 0 Å². The van der Waals surface area contributed by atoms with Crippen molar-refractivity contribution in [1.82, 2.24) is 14.8 Å². The van der Waals surface area contributed by atoms with Gasteiger partial charge in [0.25, 0.3) is 11.8 Å². The lowest BCUT2D eigenvalue weighted by Crippen LogP contribution is -2.70. The van der Waals surface area contributed by atoms with Crippen molar-refractivity contribution < 1.29 is 14.3 Å². The van der Waals surface area contributed by atoms with Gasteiger partial charge in [0.15, 0.2) is 6.10 Å². The predicted octanol–water partition coefficient (Wildman–Crippen LogP) is 2.65. The van der Waals surface area contributed by atoms with Crippen LogP contribution in [0.1, 0.15) is 37.0 Å².